The number of ether oxygens (including phenoxy) is 2. The number of halogens is 1. The maximum atomic E-state index is 12.4. The van der Waals surface area contributed by atoms with Crippen molar-refractivity contribution in [1.82, 2.24) is 9.80 Å². The van der Waals surface area contributed by atoms with Crippen molar-refractivity contribution in [2.45, 2.75) is 19.4 Å². The first kappa shape index (κ1) is 21.0. The van der Waals surface area contributed by atoms with Gasteiger partial charge in [0.2, 0.25) is 5.91 Å². The number of rotatable bonds is 7. The molecule has 29 heavy (non-hydrogen) atoms. The molecule has 1 heterocycles. The molecule has 7 heteroatoms. The summed E-state index contributed by atoms with van der Waals surface area (Å²) >= 11 is 6.04. The van der Waals surface area contributed by atoms with Crippen LogP contribution in [0, 0.1) is 0 Å². The quantitative estimate of drug-likeness (QED) is 0.640. The SMILES string of the molecule is O=C(CCCOc1ccccc1Cl)N1CCN(C(=O)OCc2ccccc2)CC1. The largest absolute Gasteiger partial charge is 0.492 e. The summed E-state index contributed by atoms with van der Waals surface area (Å²) < 4.78 is 11.0. The zero-order valence-electron chi connectivity index (χ0n) is 16.3. The lowest BCUT2D eigenvalue weighted by Crippen LogP contribution is -2.50. The van der Waals surface area contributed by atoms with Crippen LogP contribution < -0.4 is 4.74 Å². The molecule has 0 unspecified atom stereocenters. The monoisotopic (exact) mass is 416 g/mol. The Morgan fingerprint density at radius 2 is 1.55 bits per heavy atom. The van der Waals surface area contributed by atoms with Crippen LogP contribution in [0.5, 0.6) is 5.75 Å². The Morgan fingerprint density at radius 1 is 0.897 bits per heavy atom. The number of carbonyl (C=O) groups excluding carboxylic acids is 2. The van der Waals surface area contributed by atoms with Crippen molar-refractivity contribution in [3.8, 4) is 5.75 Å². The fraction of sp³-hybridized carbons (Fsp3) is 0.364. The van der Waals surface area contributed by atoms with E-state index in [1.54, 1.807) is 21.9 Å². The Hall–Kier alpha value is -2.73. The minimum absolute atomic E-state index is 0.0741. The van der Waals surface area contributed by atoms with E-state index >= 15 is 0 Å². The maximum Gasteiger partial charge on any atom is 0.410 e. The van der Waals surface area contributed by atoms with Crippen molar-refractivity contribution < 1.29 is 19.1 Å². The van der Waals surface area contributed by atoms with Gasteiger partial charge >= 0.3 is 6.09 Å². The van der Waals surface area contributed by atoms with Crippen LogP contribution in [0.15, 0.2) is 54.6 Å². The van der Waals surface area contributed by atoms with E-state index < -0.39 is 0 Å². The van der Waals surface area contributed by atoms with Crippen LogP contribution in [-0.4, -0.2) is 54.6 Å². The van der Waals surface area contributed by atoms with Gasteiger partial charge < -0.3 is 19.3 Å². The summed E-state index contributed by atoms with van der Waals surface area (Å²) in [4.78, 5) is 28.0. The van der Waals surface area contributed by atoms with E-state index in [2.05, 4.69) is 0 Å². The van der Waals surface area contributed by atoms with E-state index in [4.69, 9.17) is 21.1 Å². The molecule has 2 aromatic carbocycles. The summed E-state index contributed by atoms with van der Waals surface area (Å²) in [5.74, 6) is 0.703. The fourth-order valence-electron chi connectivity index (χ4n) is 3.07. The van der Waals surface area contributed by atoms with Gasteiger partial charge in [0.1, 0.15) is 12.4 Å². The molecular formula is C22H25ClN2O4. The Kier molecular flexibility index (Phi) is 7.76. The van der Waals surface area contributed by atoms with Crippen molar-refractivity contribution in [2.75, 3.05) is 32.8 Å². The summed E-state index contributed by atoms with van der Waals surface area (Å²) in [7, 11) is 0. The average Bonchev–Trinajstić information content (AvgIpc) is 2.77. The Morgan fingerprint density at radius 3 is 2.28 bits per heavy atom. The van der Waals surface area contributed by atoms with Gasteiger partial charge in [-0.1, -0.05) is 54.1 Å². The first-order chi connectivity index (χ1) is 14.1. The minimum atomic E-state index is -0.339. The molecule has 1 fully saturated rings. The second-order valence-electron chi connectivity index (χ2n) is 6.79. The number of carbonyl (C=O) groups is 2. The van der Waals surface area contributed by atoms with Crippen molar-refractivity contribution in [3.63, 3.8) is 0 Å². The smallest absolute Gasteiger partial charge is 0.410 e. The highest BCUT2D eigenvalue weighted by Crippen LogP contribution is 2.23. The van der Waals surface area contributed by atoms with Gasteiger partial charge in [-0.2, -0.15) is 0 Å². The molecule has 0 atom stereocenters. The van der Waals surface area contributed by atoms with E-state index in [1.807, 2.05) is 42.5 Å². The lowest BCUT2D eigenvalue weighted by molar-refractivity contribution is -0.133. The van der Waals surface area contributed by atoms with E-state index in [0.29, 0.717) is 56.4 Å². The van der Waals surface area contributed by atoms with E-state index in [0.717, 1.165) is 5.56 Å². The van der Waals surface area contributed by atoms with Crippen molar-refractivity contribution in [2.24, 2.45) is 0 Å². The molecule has 3 rings (SSSR count). The number of nitrogens with zero attached hydrogens (tertiary/aromatic N) is 2. The van der Waals surface area contributed by atoms with Crippen LogP contribution >= 0.6 is 11.6 Å². The third-order valence-electron chi connectivity index (χ3n) is 4.72. The summed E-state index contributed by atoms with van der Waals surface area (Å²) in [6.07, 6.45) is 0.681. The lowest BCUT2D eigenvalue weighted by Gasteiger charge is -2.34. The molecule has 1 aliphatic heterocycles. The summed E-state index contributed by atoms with van der Waals surface area (Å²) in [6, 6.07) is 16.8. The molecular weight excluding hydrogens is 392 g/mol. The fourth-order valence-corrected chi connectivity index (χ4v) is 3.26. The standard InChI is InChI=1S/C22H25ClN2O4/c23-19-9-4-5-10-20(19)28-16-6-11-21(26)24-12-14-25(15-13-24)22(27)29-17-18-7-2-1-3-8-18/h1-5,7-10H,6,11-17H2. The molecule has 2 aromatic rings. The molecule has 0 bridgehead atoms. The Bertz CT molecular complexity index is 807. The third-order valence-corrected chi connectivity index (χ3v) is 5.04. The normalized spacial score (nSPS) is 13.8. The number of amides is 2. The Labute approximate surface area is 176 Å². The van der Waals surface area contributed by atoms with Crippen molar-refractivity contribution >= 4 is 23.6 Å². The van der Waals surface area contributed by atoms with Gasteiger partial charge in [0.15, 0.2) is 0 Å². The molecule has 0 spiro atoms. The molecule has 0 saturated carbocycles. The second kappa shape index (κ2) is 10.7. The maximum absolute atomic E-state index is 12.4. The first-order valence-electron chi connectivity index (χ1n) is 9.74. The van der Waals surface area contributed by atoms with Gasteiger partial charge in [0.05, 0.1) is 11.6 Å². The van der Waals surface area contributed by atoms with Crippen LogP contribution in [0.25, 0.3) is 0 Å². The van der Waals surface area contributed by atoms with E-state index in [9.17, 15) is 9.59 Å². The van der Waals surface area contributed by atoms with Crippen molar-refractivity contribution in [1.29, 1.82) is 0 Å². The number of hydrogen-bond donors (Lipinski definition) is 0. The van der Waals surface area contributed by atoms with Crippen LogP contribution in [0.1, 0.15) is 18.4 Å². The third kappa shape index (κ3) is 6.39. The predicted molar refractivity (Wildman–Crippen MR) is 111 cm³/mol. The van der Waals surface area contributed by atoms with E-state index in [-0.39, 0.29) is 18.6 Å². The van der Waals surface area contributed by atoms with Gasteiger partial charge in [-0.3, -0.25) is 4.79 Å². The summed E-state index contributed by atoms with van der Waals surface area (Å²) in [5.41, 5.74) is 0.952. The van der Waals surface area contributed by atoms with Crippen LogP contribution in [0.2, 0.25) is 5.02 Å². The lowest BCUT2D eigenvalue weighted by atomic mass is 10.2. The molecule has 0 N–H and O–H groups in total. The number of piperazine rings is 1. The number of benzene rings is 2. The van der Waals surface area contributed by atoms with Gasteiger partial charge in [-0.15, -0.1) is 0 Å². The summed E-state index contributed by atoms with van der Waals surface area (Å²) in [5, 5.41) is 0.564. The minimum Gasteiger partial charge on any atom is -0.492 e. The first-order valence-corrected chi connectivity index (χ1v) is 10.1. The number of para-hydroxylation sites is 1. The molecule has 1 aliphatic rings. The molecule has 0 radical (unpaired) electrons. The molecule has 0 aliphatic carbocycles. The zero-order valence-corrected chi connectivity index (χ0v) is 17.0. The Balaban J connectivity index is 1.32. The van der Waals surface area contributed by atoms with E-state index in [1.165, 1.54) is 0 Å². The molecule has 0 aromatic heterocycles. The highest BCUT2D eigenvalue weighted by atomic mass is 35.5. The van der Waals surface area contributed by atoms with Gasteiger partial charge in [-0.05, 0) is 24.1 Å². The van der Waals surface area contributed by atoms with Crippen LogP contribution in [0.3, 0.4) is 0 Å². The van der Waals surface area contributed by atoms with Crippen LogP contribution in [-0.2, 0) is 16.1 Å². The topological polar surface area (TPSA) is 59.1 Å². The molecule has 2 amide bonds. The molecule has 1 saturated heterocycles. The summed E-state index contributed by atoms with van der Waals surface area (Å²) in [6.45, 7) is 2.69. The average molecular weight is 417 g/mol. The predicted octanol–water partition coefficient (Wildman–Crippen LogP) is 3.98. The van der Waals surface area contributed by atoms with Gasteiger partial charge in [0.25, 0.3) is 0 Å². The van der Waals surface area contributed by atoms with Gasteiger partial charge in [0, 0.05) is 32.6 Å². The van der Waals surface area contributed by atoms with Crippen LogP contribution in [0.4, 0.5) is 4.79 Å². The zero-order chi connectivity index (χ0) is 20.5. The molecule has 154 valence electrons. The second-order valence-corrected chi connectivity index (χ2v) is 7.20. The molecule has 6 nitrogen and oxygen atoms in total. The number of hydrogen-bond acceptors (Lipinski definition) is 4. The highest BCUT2D eigenvalue weighted by Gasteiger charge is 2.24. The van der Waals surface area contributed by atoms with Gasteiger partial charge in [-0.25, -0.2) is 4.79 Å². The highest BCUT2D eigenvalue weighted by molar-refractivity contribution is 6.32. The van der Waals surface area contributed by atoms with Crippen molar-refractivity contribution in [3.05, 3.63) is 65.2 Å².